The molecule has 0 saturated carbocycles. The summed E-state index contributed by atoms with van der Waals surface area (Å²) >= 11 is 1.99. The lowest BCUT2D eigenvalue weighted by molar-refractivity contribution is -0.114. The first-order valence-corrected chi connectivity index (χ1v) is 9.37. The molecule has 0 spiro atoms. The summed E-state index contributed by atoms with van der Waals surface area (Å²) in [6.45, 7) is 6.84. The second-order valence-corrected chi connectivity index (χ2v) is 6.98. The molecule has 2 N–H and O–H groups in total. The van der Waals surface area contributed by atoms with Gasteiger partial charge in [0.2, 0.25) is 5.91 Å². The normalized spacial score (nSPS) is 17.6. The van der Waals surface area contributed by atoms with Crippen molar-refractivity contribution in [1.29, 1.82) is 0 Å². The largest absolute Gasteiger partial charge is 0.357 e. The molecule has 1 fully saturated rings. The van der Waals surface area contributed by atoms with Crippen molar-refractivity contribution in [3.63, 3.8) is 0 Å². The zero-order valence-electron chi connectivity index (χ0n) is 14.6. The number of nitrogens with zero attached hydrogens (tertiary/aromatic N) is 2. The van der Waals surface area contributed by atoms with Crippen LogP contribution in [0.15, 0.2) is 29.3 Å². The molecule has 8 heteroatoms. The van der Waals surface area contributed by atoms with Gasteiger partial charge in [-0.1, -0.05) is 13.0 Å². The molecule has 1 aliphatic rings. The molecule has 1 aromatic rings. The number of guanidine groups is 1. The van der Waals surface area contributed by atoms with Crippen LogP contribution >= 0.6 is 35.7 Å². The van der Waals surface area contributed by atoms with Crippen LogP contribution in [0.2, 0.25) is 0 Å². The van der Waals surface area contributed by atoms with Crippen LogP contribution in [0.5, 0.6) is 0 Å². The van der Waals surface area contributed by atoms with E-state index in [0.29, 0.717) is 10.9 Å². The monoisotopic (exact) mass is 480 g/mol. The van der Waals surface area contributed by atoms with Crippen LogP contribution in [0.25, 0.3) is 0 Å². The molecule has 0 aliphatic carbocycles. The van der Waals surface area contributed by atoms with E-state index in [1.807, 2.05) is 18.7 Å². The standard InChI is InChI=1S/C17H25FN4OS.HI/c1-3-15-12-22(8-9-24-15)17(19-4-2)20-11-16(23)21-14-7-5-6-13(18)10-14;/h5-7,10,15H,3-4,8-9,11-12H2,1-2H3,(H,19,20)(H,21,23);1H. The number of hydrogen-bond donors (Lipinski definition) is 2. The van der Waals surface area contributed by atoms with Gasteiger partial charge in [-0.25, -0.2) is 9.38 Å². The highest BCUT2D eigenvalue weighted by molar-refractivity contribution is 14.0. The van der Waals surface area contributed by atoms with Crippen LogP contribution < -0.4 is 10.6 Å². The smallest absolute Gasteiger partial charge is 0.246 e. The topological polar surface area (TPSA) is 56.7 Å². The molecule has 1 aliphatic heterocycles. The van der Waals surface area contributed by atoms with E-state index in [-0.39, 0.29) is 42.2 Å². The fourth-order valence-corrected chi connectivity index (χ4v) is 3.68. The maximum absolute atomic E-state index is 13.1. The number of amides is 1. The molecule has 2 rings (SSSR count). The van der Waals surface area contributed by atoms with Crippen molar-refractivity contribution in [2.24, 2.45) is 4.99 Å². The summed E-state index contributed by atoms with van der Waals surface area (Å²) in [5.41, 5.74) is 0.445. The number of anilines is 1. The van der Waals surface area contributed by atoms with E-state index in [1.54, 1.807) is 12.1 Å². The van der Waals surface area contributed by atoms with Crippen LogP contribution in [0.4, 0.5) is 10.1 Å². The summed E-state index contributed by atoms with van der Waals surface area (Å²) in [6.07, 6.45) is 1.13. The summed E-state index contributed by atoms with van der Waals surface area (Å²) in [5, 5.41) is 6.52. The Morgan fingerprint density at radius 2 is 2.24 bits per heavy atom. The van der Waals surface area contributed by atoms with E-state index >= 15 is 0 Å². The molecule has 1 unspecified atom stereocenters. The van der Waals surface area contributed by atoms with Gasteiger partial charge in [-0.3, -0.25) is 4.79 Å². The number of benzene rings is 1. The average Bonchev–Trinajstić information content (AvgIpc) is 2.58. The van der Waals surface area contributed by atoms with Gasteiger partial charge in [0.15, 0.2) is 5.96 Å². The summed E-state index contributed by atoms with van der Waals surface area (Å²) in [6, 6.07) is 5.86. The van der Waals surface area contributed by atoms with Gasteiger partial charge in [0.25, 0.3) is 0 Å². The van der Waals surface area contributed by atoms with Gasteiger partial charge >= 0.3 is 0 Å². The summed E-state index contributed by atoms with van der Waals surface area (Å²) in [7, 11) is 0. The maximum Gasteiger partial charge on any atom is 0.246 e. The van der Waals surface area contributed by atoms with Crippen molar-refractivity contribution in [2.45, 2.75) is 25.5 Å². The molecule has 140 valence electrons. The molecule has 1 saturated heterocycles. The number of thioether (sulfide) groups is 1. The third-order valence-corrected chi connectivity index (χ3v) is 5.08. The van der Waals surface area contributed by atoms with E-state index in [1.165, 1.54) is 12.1 Å². The van der Waals surface area contributed by atoms with E-state index in [4.69, 9.17) is 0 Å². The highest BCUT2D eigenvalue weighted by Gasteiger charge is 2.21. The molecule has 0 aromatic heterocycles. The van der Waals surface area contributed by atoms with E-state index in [9.17, 15) is 9.18 Å². The Balaban J connectivity index is 0.00000312. The minimum atomic E-state index is -0.374. The molecular weight excluding hydrogens is 454 g/mol. The van der Waals surface area contributed by atoms with Gasteiger partial charge in [0.1, 0.15) is 12.4 Å². The number of rotatable bonds is 5. The van der Waals surface area contributed by atoms with Crippen LogP contribution in [0, 0.1) is 5.82 Å². The molecule has 0 radical (unpaired) electrons. The molecule has 1 heterocycles. The Morgan fingerprint density at radius 3 is 2.92 bits per heavy atom. The summed E-state index contributed by atoms with van der Waals surface area (Å²) in [5.74, 6) is 1.21. The van der Waals surface area contributed by atoms with Crippen molar-refractivity contribution in [3.8, 4) is 0 Å². The molecule has 5 nitrogen and oxygen atoms in total. The van der Waals surface area contributed by atoms with Crippen LogP contribution in [0.1, 0.15) is 20.3 Å². The highest BCUT2D eigenvalue weighted by Crippen LogP contribution is 2.21. The lowest BCUT2D eigenvalue weighted by Crippen LogP contribution is -2.48. The number of nitrogens with one attached hydrogen (secondary N) is 2. The second kappa shape index (κ2) is 11.6. The first-order valence-electron chi connectivity index (χ1n) is 8.32. The quantitative estimate of drug-likeness (QED) is 0.386. The van der Waals surface area contributed by atoms with Crippen molar-refractivity contribution < 1.29 is 9.18 Å². The Labute approximate surface area is 170 Å². The average molecular weight is 480 g/mol. The molecule has 25 heavy (non-hydrogen) atoms. The van der Waals surface area contributed by atoms with Crippen LogP contribution in [-0.2, 0) is 4.79 Å². The third-order valence-electron chi connectivity index (χ3n) is 3.71. The molecule has 1 amide bonds. The number of carbonyl (C=O) groups is 1. The van der Waals surface area contributed by atoms with Gasteiger partial charge in [-0.2, -0.15) is 11.8 Å². The molecule has 1 aromatic carbocycles. The maximum atomic E-state index is 13.1. The number of aliphatic imine (C=N–C) groups is 1. The number of hydrogen-bond acceptors (Lipinski definition) is 3. The zero-order chi connectivity index (χ0) is 17.4. The third kappa shape index (κ3) is 7.39. The highest BCUT2D eigenvalue weighted by atomic mass is 127. The van der Waals surface area contributed by atoms with Crippen LogP contribution in [-0.4, -0.2) is 53.9 Å². The predicted octanol–water partition coefficient (Wildman–Crippen LogP) is 3.18. The second-order valence-electron chi connectivity index (χ2n) is 5.58. The van der Waals surface area contributed by atoms with Crippen molar-refractivity contribution in [2.75, 3.05) is 37.2 Å². The zero-order valence-corrected chi connectivity index (χ0v) is 17.8. The lowest BCUT2D eigenvalue weighted by atomic mass is 10.3. The van der Waals surface area contributed by atoms with Crippen LogP contribution in [0.3, 0.4) is 0 Å². The lowest BCUT2D eigenvalue weighted by Gasteiger charge is -2.34. The molecule has 0 bridgehead atoms. The fraction of sp³-hybridized carbons (Fsp3) is 0.529. The summed E-state index contributed by atoms with van der Waals surface area (Å²) < 4.78 is 13.1. The first-order chi connectivity index (χ1) is 11.6. The van der Waals surface area contributed by atoms with Gasteiger partial charge in [-0.15, -0.1) is 24.0 Å². The Kier molecular flexibility index (Phi) is 10.2. The van der Waals surface area contributed by atoms with Gasteiger partial charge in [0.05, 0.1) is 0 Å². The van der Waals surface area contributed by atoms with Gasteiger partial charge in [-0.05, 0) is 31.5 Å². The number of halogens is 2. The first kappa shape index (κ1) is 22.0. The fourth-order valence-electron chi connectivity index (χ4n) is 2.50. The van der Waals surface area contributed by atoms with Gasteiger partial charge < -0.3 is 15.5 Å². The molecule has 1 atom stereocenters. The predicted molar refractivity (Wildman–Crippen MR) is 115 cm³/mol. The number of carbonyl (C=O) groups excluding carboxylic acids is 1. The summed E-state index contributed by atoms with van der Waals surface area (Å²) in [4.78, 5) is 18.7. The van der Waals surface area contributed by atoms with Gasteiger partial charge in [0, 0.05) is 36.3 Å². The molecular formula is C17H26FIN4OS. The Bertz CT molecular complexity index is 588. The van der Waals surface area contributed by atoms with Crippen molar-refractivity contribution in [1.82, 2.24) is 10.2 Å². The van der Waals surface area contributed by atoms with Crippen molar-refractivity contribution in [3.05, 3.63) is 30.1 Å². The SMILES string of the molecule is CCNC(=NCC(=O)Nc1cccc(F)c1)N1CCSC(CC)C1.I. The van der Waals surface area contributed by atoms with E-state index < -0.39 is 0 Å². The Hall–Kier alpha value is -1.03. The van der Waals surface area contributed by atoms with E-state index in [2.05, 4.69) is 27.4 Å². The minimum Gasteiger partial charge on any atom is -0.357 e. The van der Waals surface area contributed by atoms with E-state index in [0.717, 1.165) is 37.8 Å². The Morgan fingerprint density at radius 1 is 1.44 bits per heavy atom. The minimum absolute atomic E-state index is 0. The van der Waals surface area contributed by atoms with Crippen molar-refractivity contribution >= 4 is 53.3 Å².